The molecule has 0 bridgehead atoms. The van der Waals surface area contributed by atoms with Gasteiger partial charge >= 0.3 is 6.18 Å². The number of halogens is 4. The van der Waals surface area contributed by atoms with Crippen LogP contribution in [0.15, 0.2) is 18.2 Å². The molecule has 0 aliphatic carbocycles. The van der Waals surface area contributed by atoms with E-state index in [1.165, 1.54) is 0 Å². The van der Waals surface area contributed by atoms with Crippen molar-refractivity contribution in [3.8, 4) is 0 Å². The number of benzene rings is 1. The predicted molar refractivity (Wildman–Crippen MR) is 57.4 cm³/mol. The smallest absolute Gasteiger partial charge is 0.386 e. The Kier molecular flexibility index (Phi) is 4.70. The first-order chi connectivity index (χ1) is 8.20. The minimum atomic E-state index is -4.64. The molecule has 1 aromatic rings. The Labute approximate surface area is 102 Å². The molecule has 1 unspecified atom stereocenters. The molecule has 1 atom stereocenters. The molecule has 0 aliphatic rings. The van der Waals surface area contributed by atoms with Crippen molar-refractivity contribution >= 4 is 0 Å². The summed E-state index contributed by atoms with van der Waals surface area (Å²) in [4.78, 5) is 0. The predicted octanol–water partition coefficient (Wildman–Crippen LogP) is 3.30. The van der Waals surface area contributed by atoms with Crippen LogP contribution in [-0.2, 0) is 10.9 Å². The Balaban J connectivity index is 2.92. The molecule has 6 heteroatoms. The summed E-state index contributed by atoms with van der Waals surface area (Å²) in [5.41, 5.74) is -1.27. The molecule has 1 rings (SSSR count). The molecule has 102 valence electrons. The molecule has 0 heterocycles. The first-order valence-electron chi connectivity index (χ1n) is 5.37. The number of alkyl halides is 3. The van der Waals surface area contributed by atoms with Crippen LogP contribution in [0.4, 0.5) is 17.6 Å². The van der Waals surface area contributed by atoms with Crippen molar-refractivity contribution in [1.29, 1.82) is 0 Å². The minimum absolute atomic E-state index is 0.150. The fraction of sp³-hybridized carbons (Fsp3) is 0.500. The molecule has 0 saturated carbocycles. The summed E-state index contributed by atoms with van der Waals surface area (Å²) >= 11 is 0. The van der Waals surface area contributed by atoms with Gasteiger partial charge in [-0.15, -0.1) is 0 Å². The zero-order valence-electron chi connectivity index (χ0n) is 9.96. The van der Waals surface area contributed by atoms with Gasteiger partial charge in [0.2, 0.25) is 0 Å². The highest BCUT2D eigenvalue weighted by molar-refractivity contribution is 5.28. The van der Waals surface area contributed by atoms with Gasteiger partial charge in [-0.3, -0.25) is 0 Å². The van der Waals surface area contributed by atoms with Crippen LogP contribution in [0.3, 0.4) is 0 Å². The Bertz CT molecular complexity index is 402. The van der Waals surface area contributed by atoms with Gasteiger partial charge in [0, 0.05) is 0 Å². The molecule has 0 amide bonds. The molecule has 1 aromatic carbocycles. The second kappa shape index (κ2) is 5.67. The monoisotopic (exact) mass is 266 g/mol. The highest BCUT2D eigenvalue weighted by atomic mass is 19.4. The van der Waals surface area contributed by atoms with Gasteiger partial charge in [0.15, 0.2) is 0 Å². The molecule has 0 aromatic heterocycles. The first kappa shape index (κ1) is 14.9. The van der Waals surface area contributed by atoms with E-state index in [1.807, 2.05) is 0 Å². The van der Waals surface area contributed by atoms with E-state index in [0.717, 1.165) is 12.1 Å². The average Bonchev–Trinajstić information content (AvgIpc) is 2.23. The summed E-state index contributed by atoms with van der Waals surface area (Å²) in [6.45, 7) is 3.26. The van der Waals surface area contributed by atoms with Crippen LogP contribution in [0.1, 0.15) is 31.1 Å². The van der Waals surface area contributed by atoms with Crippen molar-refractivity contribution in [2.45, 2.75) is 32.2 Å². The molecule has 0 spiro atoms. The van der Waals surface area contributed by atoms with Crippen LogP contribution in [0.25, 0.3) is 0 Å². The van der Waals surface area contributed by atoms with E-state index in [4.69, 9.17) is 4.74 Å². The van der Waals surface area contributed by atoms with Crippen LogP contribution in [-0.4, -0.2) is 17.8 Å². The third-order valence-electron chi connectivity index (χ3n) is 2.22. The molecular weight excluding hydrogens is 252 g/mol. The fourth-order valence-corrected chi connectivity index (χ4v) is 1.35. The molecule has 1 N–H and O–H groups in total. The van der Waals surface area contributed by atoms with Crippen LogP contribution in [0.5, 0.6) is 0 Å². The van der Waals surface area contributed by atoms with Crippen LogP contribution < -0.4 is 0 Å². The van der Waals surface area contributed by atoms with E-state index in [0.29, 0.717) is 6.07 Å². The summed E-state index contributed by atoms with van der Waals surface area (Å²) in [6, 6.07) is 1.97. The highest BCUT2D eigenvalue weighted by Gasteiger charge is 2.31. The standard InChI is InChI=1S/C12H14F4O2/c1-7(2)18-6-11(17)8-3-9(12(14,15)16)5-10(13)4-8/h3-5,7,11,17H,6H2,1-2H3. The maximum Gasteiger partial charge on any atom is 0.416 e. The third kappa shape index (κ3) is 4.27. The van der Waals surface area contributed by atoms with Crippen molar-refractivity contribution in [2.75, 3.05) is 6.61 Å². The van der Waals surface area contributed by atoms with Gasteiger partial charge in [-0.25, -0.2) is 4.39 Å². The molecule has 18 heavy (non-hydrogen) atoms. The Morgan fingerprint density at radius 1 is 1.22 bits per heavy atom. The average molecular weight is 266 g/mol. The number of ether oxygens (including phenoxy) is 1. The van der Waals surface area contributed by atoms with Gasteiger partial charge in [0.05, 0.1) is 18.3 Å². The third-order valence-corrected chi connectivity index (χ3v) is 2.22. The SMILES string of the molecule is CC(C)OCC(O)c1cc(F)cc(C(F)(F)F)c1. The fourth-order valence-electron chi connectivity index (χ4n) is 1.35. The number of rotatable bonds is 4. The van der Waals surface area contributed by atoms with E-state index >= 15 is 0 Å². The summed E-state index contributed by atoms with van der Waals surface area (Å²) in [6.07, 6.45) is -6.10. The van der Waals surface area contributed by atoms with Crippen molar-refractivity contribution in [2.24, 2.45) is 0 Å². The Morgan fingerprint density at radius 2 is 1.83 bits per heavy atom. The zero-order chi connectivity index (χ0) is 13.9. The largest absolute Gasteiger partial charge is 0.416 e. The molecular formula is C12H14F4O2. The summed E-state index contributed by atoms with van der Waals surface area (Å²) in [5.74, 6) is -1.04. The van der Waals surface area contributed by atoms with Gasteiger partial charge in [-0.1, -0.05) is 0 Å². The molecule has 0 aliphatic heterocycles. The summed E-state index contributed by atoms with van der Waals surface area (Å²) in [7, 11) is 0. The van der Waals surface area contributed by atoms with E-state index < -0.39 is 23.7 Å². The molecule has 0 saturated heterocycles. The summed E-state index contributed by atoms with van der Waals surface area (Å²) < 4.78 is 55.5. The Morgan fingerprint density at radius 3 is 2.33 bits per heavy atom. The highest BCUT2D eigenvalue weighted by Crippen LogP contribution is 2.31. The molecule has 0 radical (unpaired) electrons. The van der Waals surface area contributed by atoms with Crippen LogP contribution >= 0.6 is 0 Å². The van der Waals surface area contributed by atoms with Gasteiger partial charge < -0.3 is 9.84 Å². The first-order valence-corrected chi connectivity index (χ1v) is 5.37. The van der Waals surface area contributed by atoms with Gasteiger partial charge in [0.25, 0.3) is 0 Å². The lowest BCUT2D eigenvalue weighted by Gasteiger charge is -2.15. The number of aliphatic hydroxyl groups excluding tert-OH is 1. The lowest BCUT2D eigenvalue weighted by molar-refractivity contribution is -0.137. The number of hydrogen-bond acceptors (Lipinski definition) is 2. The van der Waals surface area contributed by atoms with Gasteiger partial charge in [0.1, 0.15) is 11.9 Å². The van der Waals surface area contributed by atoms with Gasteiger partial charge in [-0.2, -0.15) is 13.2 Å². The number of aliphatic hydroxyl groups is 1. The van der Waals surface area contributed by atoms with Crippen molar-refractivity contribution in [3.63, 3.8) is 0 Å². The van der Waals surface area contributed by atoms with Gasteiger partial charge in [-0.05, 0) is 37.6 Å². The Hall–Kier alpha value is -1.14. The second-order valence-electron chi connectivity index (χ2n) is 4.17. The van der Waals surface area contributed by atoms with E-state index in [-0.39, 0.29) is 18.3 Å². The van der Waals surface area contributed by atoms with Crippen molar-refractivity contribution in [3.05, 3.63) is 35.1 Å². The van der Waals surface area contributed by atoms with E-state index in [1.54, 1.807) is 13.8 Å². The lowest BCUT2D eigenvalue weighted by atomic mass is 10.1. The topological polar surface area (TPSA) is 29.5 Å². The van der Waals surface area contributed by atoms with E-state index in [2.05, 4.69) is 0 Å². The van der Waals surface area contributed by atoms with Crippen molar-refractivity contribution in [1.82, 2.24) is 0 Å². The quantitative estimate of drug-likeness (QED) is 0.847. The maximum atomic E-state index is 13.1. The maximum absolute atomic E-state index is 13.1. The molecule has 2 nitrogen and oxygen atoms in total. The lowest BCUT2D eigenvalue weighted by Crippen LogP contribution is -2.13. The van der Waals surface area contributed by atoms with E-state index in [9.17, 15) is 22.7 Å². The van der Waals surface area contributed by atoms with Crippen molar-refractivity contribution < 1.29 is 27.4 Å². The second-order valence-corrected chi connectivity index (χ2v) is 4.17. The number of hydrogen-bond donors (Lipinski definition) is 1. The zero-order valence-corrected chi connectivity index (χ0v) is 9.96. The van der Waals surface area contributed by atoms with Crippen LogP contribution in [0.2, 0.25) is 0 Å². The summed E-state index contributed by atoms with van der Waals surface area (Å²) in [5, 5.41) is 9.63. The van der Waals surface area contributed by atoms with Crippen LogP contribution in [0, 0.1) is 5.82 Å². The normalized spacial score (nSPS) is 14.0. The molecule has 0 fully saturated rings. The minimum Gasteiger partial charge on any atom is -0.386 e.